The van der Waals surface area contributed by atoms with Crippen molar-refractivity contribution < 1.29 is 29.9 Å². The van der Waals surface area contributed by atoms with Gasteiger partial charge in [0, 0.05) is 23.5 Å². The van der Waals surface area contributed by atoms with E-state index in [1.165, 1.54) is 6.20 Å². The van der Waals surface area contributed by atoms with Crippen molar-refractivity contribution >= 4 is 22.6 Å². The van der Waals surface area contributed by atoms with Gasteiger partial charge in [-0.25, -0.2) is 4.98 Å². The zero-order chi connectivity index (χ0) is 21.4. The van der Waals surface area contributed by atoms with Crippen molar-refractivity contribution in [2.45, 2.75) is 30.7 Å². The lowest BCUT2D eigenvalue weighted by Crippen LogP contribution is -2.60. The Labute approximate surface area is 175 Å². The molecule has 156 valence electrons. The third-order valence-electron chi connectivity index (χ3n) is 4.94. The summed E-state index contributed by atoms with van der Waals surface area (Å²) >= 11 is 6.35. The minimum absolute atomic E-state index is 0.181. The number of hydrogen-bond donors (Lipinski definition) is 4. The van der Waals surface area contributed by atoms with Gasteiger partial charge in [0.05, 0.1) is 17.2 Å². The van der Waals surface area contributed by atoms with Gasteiger partial charge < -0.3 is 34.5 Å². The van der Waals surface area contributed by atoms with Crippen LogP contribution in [0.1, 0.15) is 5.56 Å². The number of hydrogen-bond acceptors (Lipinski definition) is 8. The minimum atomic E-state index is -1.55. The maximum atomic E-state index is 10.1. The predicted molar refractivity (Wildman–Crippen MR) is 105 cm³/mol. The van der Waals surface area contributed by atoms with Gasteiger partial charge in [-0.2, -0.15) is 5.26 Å². The minimum Gasteiger partial charge on any atom is -0.460 e. The van der Waals surface area contributed by atoms with E-state index in [1.807, 2.05) is 12.1 Å². The highest BCUT2D eigenvalue weighted by Gasteiger charge is 2.44. The lowest BCUT2D eigenvalue weighted by molar-refractivity contribution is -0.277. The molecule has 3 aromatic rings. The van der Waals surface area contributed by atoms with E-state index in [2.05, 4.69) is 4.98 Å². The summed E-state index contributed by atoms with van der Waals surface area (Å²) in [6.07, 6.45) is -3.69. The number of benzene rings is 1. The zero-order valence-corrected chi connectivity index (χ0v) is 16.2. The summed E-state index contributed by atoms with van der Waals surface area (Å²) in [5, 5.41) is 49.2. The van der Waals surface area contributed by atoms with Crippen molar-refractivity contribution in [1.82, 2.24) is 9.55 Å². The van der Waals surface area contributed by atoms with Crippen LogP contribution in [0.5, 0.6) is 5.75 Å². The Morgan fingerprint density at radius 2 is 1.97 bits per heavy atom. The van der Waals surface area contributed by atoms with Crippen LogP contribution in [-0.4, -0.2) is 67.3 Å². The fraction of sp³-hybridized carbons (Fsp3) is 0.300. The first kappa shape index (κ1) is 20.6. The van der Waals surface area contributed by atoms with Gasteiger partial charge in [0.1, 0.15) is 41.9 Å². The molecule has 0 spiro atoms. The Bertz CT molecular complexity index is 1110. The van der Waals surface area contributed by atoms with Gasteiger partial charge in [0.25, 0.3) is 0 Å². The molecule has 5 atom stereocenters. The van der Waals surface area contributed by atoms with Gasteiger partial charge in [0.2, 0.25) is 6.29 Å². The molecule has 0 bridgehead atoms. The van der Waals surface area contributed by atoms with E-state index >= 15 is 0 Å². The van der Waals surface area contributed by atoms with Crippen molar-refractivity contribution in [2.24, 2.45) is 0 Å². The van der Waals surface area contributed by atoms with E-state index in [1.54, 1.807) is 35.0 Å². The van der Waals surface area contributed by atoms with Gasteiger partial charge in [-0.15, -0.1) is 0 Å². The first-order chi connectivity index (χ1) is 14.4. The summed E-state index contributed by atoms with van der Waals surface area (Å²) in [5.74, 6) is 0.181. The normalized spacial score (nSPS) is 26.5. The van der Waals surface area contributed by atoms with E-state index in [-0.39, 0.29) is 10.8 Å². The van der Waals surface area contributed by atoms with Crippen LogP contribution in [0.4, 0.5) is 0 Å². The number of aliphatic hydroxyl groups is 4. The van der Waals surface area contributed by atoms with E-state index in [4.69, 9.17) is 26.3 Å². The van der Waals surface area contributed by atoms with Gasteiger partial charge in [-0.05, 0) is 30.3 Å². The van der Waals surface area contributed by atoms with E-state index < -0.39 is 37.3 Å². The summed E-state index contributed by atoms with van der Waals surface area (Å²) in [7, 11) is 0. The highest BCUT2D eigenvalue weighted by atomic mass is 35.5. The van der Waals surface area contributed by atoms with Crippen molar-refractivity contribution in [1.29, 1.82) is 5.26 Å². The van der Waals surface area contributed by atoms with E-state index in [0.29, 0.717) is 16.9 Å². The van der Waals surface area contributed by atoms with Crippen molar-refractivity contribution in [3.8, 4) is 17.5 Å². The SMILES string of the molecule is N#Cc1cnc2c(ccn2-c2ccc(O[C@@H]3O[C@H](CO)[C@@H](O)[C@H](O)[C@@H]3O)c(Cl)c2)c1. The third kappa shape index (κ3) is 3.61. The van der Waals surface area contributed by atoms with Gasteiger partial charge in [-0.1, -0.05) is 11.6 Å². The maximum absolute atomic E-state index is 10.1. The molecule has 0 amide bonds. The van der Waals surface area contributed by atoms with Gasteiger partial charge in [0.15, 0.2) is 0 Å². The molecule has 0 unspecified atom stereocenters. The van der Waals surface area contributed by atoms with Gasteiger partial charge in [-0.3, -0.25) is 0 Å². The molecule has 30 heavy (non-hydrogen) atoms. The van der Waals surface area contributed by atoms with Crippen LogP contribution in [0.2, 0.25) is 5.02 Å². The molecular weight excluding hydrogens is 414 g/mol. The molecule has 9 nitrogen and oxygen atoms in total. The predicted octanol–water partition coefficient (Wildman–Crippen LogP) is 0.729. The molecule has 1 aliphatic heterocycles. The zero-order valence-electron chi connectivity index (χ0n) is 15.5. The van der Waals surface area contributed by atoms with E-state index in [9.17, 15) is 20.4 Å². The third-order valence-corrected chi connectivity index (χ3v) is 5.24. The lowest BCUT2D eigenvalue weighted by atomic mass is 9.99. The summed E-state index contributed by atoms with van der Waals surface area (Å²) in [4.78, 5) is 4.32. The molecule has 1 aromatic carbocycles. The number of aliphatic hydroxyl groups excluding tert-OH is 4. The number of fused-ring (bicyclic) bond motifs is 1. The average Bonchev–Trinajstić information content (AvgIpc) is 3.18. The number of nitriles is 1. The van der Waals surface area contributed by atoms with Crippen molar-refractivity contribution in [3.63, 3.8) is 0 Å². The number of ether oxygens (including phenoxy) is 2. The molecule has 3 heterocycles. The average molecular weight is 432 g/mol. The fourth-order valence-corrected chi connectivity index (χ4v) is 3.54. The standard InChI is InChI=1S/C20H18ClN3O6/c21-13-6-12(24-4-3-11-5-10(7-22)8-23-19(11)24)1-2-14(13)29-20-18(28)17(27)16(26)15(9-25)30-20/h1-6,8,15-18,20,25-28H,9H2/t15-,16-,17+,18+,20-/m1/s1. The molecule has 0 saturated carbocycles. The number of halogens is 1. The van der Waals surface area contributed by atoms with Crippen LogP contribution in [0.25, 0.3) is 16.7 Å². The molecule has 1 fully saturated rings. The fourth-order valence-electron chi connectivity index (χ4n) is 3.32. The molecule has 0 radical (unpaired) electrons. The number of nitrogens with zero attached hydrogens (tertiary/aromatic N) is 3. The number of aromatic nitrogens is 2. The Morgan fingerprint density at radius 1 is 1.17 bits per heavy atom. The van der Waals surface area contributed by atoms with Crippen LogP contribution < -0.4 is 4.74 Å². The molecular formula is C20H18ClN3O6. The molecule has 10 heteroatoms. The monoisotopic (exact) mass is 431 g/mol. The topological polar surface area (TPSA) is 141 Å². The van der Waals surface area contributed by atoms with Crippen LogP contribution in [0, 0.1) is 11.3 Å². The summed E-state index contributed by atoms with van der Waals surface area (Å²) in [6.45, 7) is -0.557. The second-order valence-corrected chi connectivity index (χ2v) is 7.27. The summed E-state index contributed by atoms with van der Waals surface area (Å²) < 4.78 is 12.7. The van der Waals surface area contributed by atoms with Crippen LogP contribution in [-0.2, 0) is 4.74 Å². The summed E-state index contributed by atoms with van der Waals surface area (Å²) in [6, 6.07) is 10.5. The molecule has 1 aliphatic rings. The highest BCUT2D eigenvalue weighted by Crippen LogP contribution is 2.32. The Hall–Kier alpha value is -2.71. The van der Waals surface area contributed by atoms with Crippen molar-refractivity contribution in [3.05, 3.63) is 53.3 Å². The first-order valence-electron chi connectivity index (χ1n) is 9.07. The van der Waals surface area contributed by atoms with Gasteiger partial charge >= 0.3 is 0 Å². The molecule has 0 aliphatic carbocycles. The Morgan fingerprint density at radius 3 is 2.67 bits per heavy atom. The van der Waals surface area contributed by atoms with E-state index in [0.717, 1.165) is 5.39 Å². The molecule has 1 saturated heterocycles. The number of pyridine rings is 1. The van der Waals surface area contributed by atoms with Crippen molar-refractivity contribution in [2.75, 3.05) is 6.61 Å². The van der Waals surface area contributed by atoms with Crippen LogP contribution in [0.15, 0.2) is 42.7 Å². The smallest absolute Gasteiger partial charge is 0.229 e. The highest BCUT2D eigenvalue weighted by molar-refractivity contribution is 6.32. The first-order valence-corrected chi connectivity index (χ1v) is 9.45. The molecule has 2 aromatic heterocycles. The second-order valence-electron chi connectivity index (χ2n) is 6.86. The van der Waals surface area contributed by atoms with Crippen LogP contribution >= 0.6 is 11.6 Å². The number of rotatable bonds is 4. The molecule has 4 N–H and O–H groups in total. The van der Waals surface area contributed by atoms with Crippen LogP contribution in [0.3, 0.4) is 0 Å². The quantitative estimate of drug-likeness (QED) is 0.473. The largest absolute Gasteiger partial charge is 0.460 e. The molecule has 4 rings (SSSR count). The second kappa shape index (κ2) is 8.20. The summed E-state index contributed by atoms with van der Waals surface area (Å²) in [5.41, 5.74) is 1.79. The Balaban J connectivity index is 1.59. The Kier molecular flexibility index (Phi) is 5.62. The maximum Gasteiger partial charge on any atom is 0.229 e. The lowest BCUT2D eigenvalue weighted by Gasteiger charge is -2.39.